The van der Waals surface area contributed by atoms with E-state index in [-0.39, 0.29) is 12.4 Å². The normalized spacial score (nSPS) is 11.0. The van der Waals surface area contributed by atoms with Crippen LogP contribution in [0, 0.1) is 0 Å². The topological polar surface area (TPSA) is 57.0 Å². The second-order valence-electron chi connectivity index (χ2n) is 4.95. The molecule has 0 unspecified atom stereocenters. The summed E-state index contributed by atoms with van der Waals surface area (Å²) in [5, 5.41) is 1.91. The molecule has 0 bridgehead atoms. The third-order valence-electron chi connectivity index (χ3n) is 3.37. The summed E-state index contributed by atoms with van der Waals surface area (Å²) < 4.78 is 7.99. The fraction of sp³-hybridized carbons (Fsp3) is 0.312. The molecule has 3 aromatic rings. The summed E-state index contributed by atoms with van der Waals surface area (Å²) in [6, 6.07) is 8.10. The Kier molecular flexibility index (Phi) is 4.97. The van der Waals surface area contributed by atoms with Gasteiger partial charge >= 0.3 is 5.97 Å². The SMILES string of the molecule is CCOC(=O)Cc1csc(SCc2nc3ccccc3n2C)n1. The number of carbonyl (C=O) groups excluding carboxylic acids is 1. The van der Waals surface area contributed by atoms with Gasteiger partial charge in [0.15, 0.2) is 4.34 Å². The molecule has 2 heterocycles. The lowest BCUT2D eigenvalue weighted by Gasteiger charge is -2.00. The van der Waals surface area contributed by atoms with Crippen molar-refractivity contribution in [1.82, 2.24) is 14.5 Å². The number of rotatable bonds is 6. The van der Waals surface area contributed by atoms with Crippen LogP contribution in [0.25, 0.3) is 11.0 Å². The number of thioether (sulfide) groups is 1. The van der Waals surface area contributed by atoms with Crippen molar-refractivity contribution in [2.24, 2.45) is 7.05 Å². The molecule has 23 heavy (non-hydrogen) atoms. The molecule has 0 spiro atoms. The van der Waals surface area contributed by atoms with E-state index in [0.29, 0.717) is 6.61 Å². The summed E-state index contributed by atoms with van der Waals surface area (Å²) in [6.45, 7) is 2.20. The highest BCUT2D eigenvalue weighted by molar-refractivity contribution is 8.00. The number of benzene rings is 1. The molecule has 0 aliphatic carbocycles. The van der Waals surface area contributed by atoms with Crippen molar-refractivity contribution in [2.75, 3.05) is 6.61 Å². The van der Waals surface area contributed by atoms with E-state index in [2.05, 4.69) is 20.6 Å². The molecular formula is C16H17N3O2S2. The maximum Gasteiger partial charge on any atom is 0.311 e. The molecule has 0 fully saturated rings. The van der Waals surface area contributed by atoms with Gasteiger partial charge in [-0.3, -0.25) is 4.79 Å². The maximum atomic E-state index is 11.5. The Labute approximate surface area is 142 Å². The second-order valence-corrected chi connectivity index (χ2v) is 7.03. The number of fused-ring (bicyclic) bond motifs is 1. The summed E-state index contributed by atoms with van der Waals surface area (Å²) in [7, 11) is 2.03. The van der Waals surface area contributed by atoms with Gasteiger partial charge < -0.3 is 9.30 Å². The van der Waals surface area contributed by atoms with Gasteiger partial charge in [0.05, 0.1) is 35.5 Å². The first-order chi connectivity index (χ1) is 11.2. The largest absolute Gasteiger partial charge is 0.466 e. The van der Waals surface area contributed by atoms with Gasteiger partial charge in [0.2, 0.25) is 0 Å². The number of imidazole rings is 1. The number of thiazole rings is 1. The second kappa shape index (κ2) is 7.14. The van der Waals surface area contributed by atoms with Crippen molar-refractivity contribution in [3.8, 4) is 0 Å². The van der Waals surface area contributed by atoms with Crippen LogP contribution in [0.3, 0.4) is 0 Å². The molecule has 0 saturated heterocycles. The molecule has 0 radical (unpaired) electrons. The van der Waals surface area contributed by atoms with Crippen molar-refractivity contribution in [3.05, 3.63) is 41.2 Å². The summed E-state index contributed by atoms with van der Waals surface area (Å²) in [6.07, 6.45) is 0.233. The standard InChI is InChI=1S/C16H17N3O2S2/c1-3-21-15(20)8-11-9-22-16(17-11)23-10-14-18-12-6-4-5-7-13(12)19(14)2/h4-7,9H,3,8,10H2,1-2H3. The number of ether oxygens (including phenoxy) is 1. The highest BCUT2D eigenvalue weighted by Gasteiger charge is 2.11. The van der Waals surface area contributed by atoms with E-state index in [1.807, 2.05) is 30.6 Å². The van der Waals surface area contributed by atoms with Gasteiger partial charge in [-0.15, -0.1) is 11.3 Å². The molecule has 2 aromatic heterocycles. The van der Waals surface area contributed by atoms with Crippen LogP contribution < -0.4 is 0 Å². The average Bonchev–Trinajstić information content (AvgIpc) is 3.11. The van der Waals surface area contributed by atoms with Gasteiger partial charge in [0, 0.05) is 12.4 Å². The molecule has 0 aliphatic rings. The predicted octanol–water partition coefficient (Wildman–Crippen LogP) is 3.43. The number of aryl methyl sites for hydroxylation is 1. The first-order valence-electron chi connectivity index (χ1n) is 7.30. The van der Waals surface area contributed by atoms with Crippen molar-refractivity contribution < 1.29 is 9.53 Å². The summed E-state index contributed by atoms with van der Waals surface area (Å²) in [5.41, 5.74) is 2.90. The number of para-hydroxylation sites is 2. The summed E-state index contributed by atoms with van der Waals surface area (Å²) in [5.74, 6) is 1.53. The van der Waals surface area contributed by atoms with E-state index < -0.39 is 0 Å². The van der Waals surface area contributed by atoms with E-state index >= 15 is 0 Å². The van der Waals surface area contributed by atoms with Crippen molar-refractivity contribution in [1.29, 1.82) is 0 Å². The van der Waals surface area contributed by atoms with Crippen LogP contribution in [-0.2, 0) is 28.8 Å². The quantitative estimate of drug-likeness (QED) is 0.505. The molecule has 5 nitrogen and oxygen atoms in total. The van der Waals surface area contributed by atoms with Gasteiger partial charge in [-0.2, -0.15) is 0 Å². The third kappa shape index (κ3) is 3.73. The van der Waals surface area contributed by atoms with Crippen molar-refractivity contribution in [3.63, 3.8) is 0 Å². The van der Waals surface area contributed by atoms with E-state index in [0.717, 1.165) is 32.6 Å². The van der Waals surface area contributed by atoms with Crippen LogP contribution in [0.2, 0.25) is 0 Å². The smallest absolute Gasteiger partial charge is 0.311 e. The van der Waals surface area contributed by atoms with Gasteiger partial charge in [-0.05, 0) is 19.1 Å². The Morgan fingerprint density at radius 2 is 2.17 bits per heavy atom. The molecule has 0 aliphatic heterocycles. The molecule has 0 amide bonds. The molecule has 0 atom stereocenters. The zero-order valence-corrected chi connectivity index (χ0v) is 14.6. The predicted molar refractivity (Wildman–Crippen MR) is 92.7 cm³/mol. The number of nitrogens with zero attached hydrogens (tertiary/aromatic N) is 3. The zero-order valence-electron chi connectivity index (χ0n) is 13.0. The number of esters is 1. The van der Waals surface area contributed by atoms with Crippen molar-refractivity contribution >= 4 is 40.1 Å². The molecule has 7 heteroatoms. The Morgan fingerprint density at radius 1 is 1.35 bits per heavy atom. The average molecular weight is 347 g/mol. The van der Waals surface area contributed by atoms with Gasteiger partial charge in [0.25, 0.3) is 0 Å². The lowest BCUT2D eigenvalue weighted by Crippen LogP contribution is -2.07. The minimum atomic E-state index is -0.232. The Morgan fingerprint density at radius 3 is 2.96 bits per heavy atom. The molecule has 0 N–H and O–H groups in total. The van der Waals surface area contributed by atoms with Gasteiger partial charge in [0.1, 0.15) is 5.82 Å². The lowest BCUT2D eigenvalue weighted by molar-refractivity contribution is -0.142. The molecular weight excluding hydrogens is 330 g/mol. The Hall–Kier alpha value is -1.86. The van der Waals surface area contributed by atoms with Crippen LogP contribution in [0.15, 0.2) is 34.0 Å². The highest BCUT2D eigenvalue weighted by atomic mass is 32.2. The minimum absolute atomic E-state index is 0.232. The van der Waals surface area contributed by atoms with Crippen LogP contribution in [0.5, 0.6) is 0 Å². The van der Waals surface area contributed by atoms with Crippen LogP contribution in [-0.4, -0.2) is 27.1 Å². The lowest BCUT2D eigenvalue weighted by atomic mass is 10.3. The monoisotopic (exact) mass is 347 g/mol. The summed E-state index contributed by atoms with van der Waals surface area (Å²) in [4.78, 5) is 20.6. The first-order valence-corrected chi connectivity index (χ1v) is 9.17. The minimum Gasteiger partial charge on any atom is -0.466 e. The number of aromatic nitrogens is 3. The zero-order chi connectivity index (χ0) is 16.2. The molecule has 120 valence electrons. The van der Waals surface area contributed by atoms with Crippen LogP contribution in [0.1, 0.15) is 18.4 Å². The fourth-order valence-electron chi connectivity index (χ4n) is 2.25. The van der Waals surface area contributed by atoms with Gasteiger partial charge in [-0.1, -0.05) is 23.9 Å². The van der Waals surface area contributed by atoms with E-state index in [4.69, 9.17) is 4.74 Å². The first kappa shape index (κ1) is 16.0. The third-order valence-corrected chi connectivity index (χ3v) is 5.43. The summed E-state index contributed by atoms with van der Waals surface area (Å²) >= 11 is 3.18. The van der Waals surface area contributed by atoms with E-state index in [1.54, 1.807) is 30.0 Å². The van der Waals surface area contributed by atoms with Gasteiger partial charge in [-0.25, -0.2) is 9.97 Å². The number of carbonyl (C=O) groups is 1. The number of hydrogen-bond donors (Lipinski definition) is 0. The van der Waals surface area contributed by atoms with E-state index in [1.165, 1.54) is 0 Å². The molecule has 0 saturated carbocycles. The molecule has 3 rings (SSSR count). The Balaban J connectivity index is 1.65. The fourth-order valence-corrected chi connectivity index (χ4v) is 4.08. The molecule has 1 aromatic carbocycles. The van der Waals surface area contributed by atoms with Crippen molar-refractivity contribution in [2.45, 2.75) is 23.4 Å². The van der Waals surface area contributed by atoms with E-state index in [9.17, 15) is 4.79 Å². The maximum absolute atomic E-state index is 11.5. The Bertz CT molecular complexity index is 826. The van der Waals surface area contributed by atoms with Crippen LogP contribution in [0.4, 0.5) is 0 Å². The van der Waals surface area contributed by atoms with Crippen LogP contribution >= 0.6 is 23.1 Å². The highest BCUT2D eigenvalue weighted by Crippen LogP contribution is 2.27. The number of hydrogen-bond acceptors (Lipinski definition) is 6.